The minimum atomic E-state index is 0.0709. The van der Waals surface area contributed by atoms with Crippen LogP contribution in [0.3, 0.4) is 0 Å². The number of nitrogens with one attached hydrogen (secondary N) is 1. The van der Waals surface area contributed by atoms with Crippen LogP contribution >= 0.6 is 0 Å². The lowest BCUT2D eigenvalue weighted by molar-refractivity contribution is 0.0638. The van der Waals surface area contributed by atoms with Crippen LogP contribution in [0.15, 0.2) is 18.2 Å². The van der Waals surface area contributed by atoms with Crippen LogP contribution in [0.25, 0.3) is 0 Å². The zero-order valence-electron chi connectivity index (χ0n) is 11.7. The molecule has 3 nitrogen and oxygen atoms in total. The third-order valence-corrected chi connectivity index (χ3v) is 3.54. The van der Waals surface area contributed by atoms with Crippen molar-refractivity contribution in [2.45, 2.75) is 38.8 Å². The van der Waals surface area contributed by atoms with E-state index in [1.54, 1.807) is 7.11 Å². The highest BCUT2D eigenvalue weighted by molar-refractivity contribution is 5.38. The van der Waals surface area contributed by atoms with Gasteiger partial charge in [-0.25, -0.2) is 0 Å². The van der Waals surface area contributed by atoms with Crippen molar-refractivity contribution in [3.05, 3.63) is 29.3 Å². The molecule has 0 saturated carbocycles. The molecule has 100 valence electrons. The summed E-state index contributed by atoms with van der Waals surface area (Å²) in [6, 6.07) is 6.24. The Morgan fingerprint density at radius 1 is 1.39 bits per heavy atom. The molecule has 0 radical (unpaired) electrons. The van der Waals surface area contributed by atoms with Crippen LogP contribution in [-0.2, 0) is 4.74 Å². The zero-order valence-corrected chi connectivity index (χ0v) is 11.7. The molecule has 1 N–H and O–H groups in total. The van der Waals surface area contributed by atoms with Crippen molar-refractivity contribution in [3.63, 3.8) is 0 Å². The first-order chi connectivity index (χ1) is 8.52. The number of rotatable bonds is 2. The molecule has 1 aromatic rings. The lowest BCUT2D eigenvalue weighted by Gasteiger charge is -2.23. The van der Waals surface area contributed by atoms with Crippen LogP contribution in [0.2, 0.25) is 0 Å². The van der Waals surface area contributed by atoms with Gasteiger partial charge in [-0.2, -0.15) is 0 Å². The van der Waals surface area contributed by atoms with E-state index in [4.69, 9.17) is 9.47 Å². The van der Waals surface area contributed by atoms with Gasteiger partial charge in [0, 0.05) is 24.3 Å². The molecule has 0 amide bonds. The highest BCUT2D eigenvalue weighted by atomic mass is 16.5. The van der Waals surface area contributed by atoms with Crippen molar-refractivity contribution in [2.75, 3.05) is 20.3 Å². The predicted molar refractivity (Wildman–Crippen MR) is 73.1 cm³/mol. The molecule has 0 aliphatic carbocycles. The Morgan fingerprint density at radius 3 is 2.89 bits per heavy atom. The first-order valence-corrected chi connectivity index (χ1v) is 6.53. The molecule has 1 unspecified atom stereocenters. The summed E-state index contributed by atoms with van der Waals surface area (Å²) in [5, 5.41) is 3.56. The van der Waals surface area contributed by atoms with Crippen LogP contribution < -0.4 is 10.1 Å². The molecule has 3 heteroatoms. The molecule has 1 aliphatic rings. The van der Waals surface area contributed by atoms with Crippen molar-refractivity contribution >= 4 is 0 Å². The van der Waals surface area contributed by atoms with E-state index in [0.29, 0.717) is 0 Å². The van der Waals surface area contributed by atoms with Gasteiger partial charge < -0.3 is 14.8 Å². The fraction of sp³-hybridized carbons (Fsp3) is 0.600. The van der Waals surface area contributed by atoms with Crippen LogP contribution in [0.1, 0.15) is 37.5 Å². The van der Waals surface area contributed by atoms with Crippen LogP contribution in [0.5, 0.6) is 5.75 Å². The smallest absolute Gasteiger partial charge is 0.124 e. The van der Waals surface area contributed by atoms with E-state index >= 15 is 0 Å². The summed E-state index contributed by atoms with van der Waals surface area (Å²) in [5.74, 6) is 0.909. The second kappa shape index (κ2) is 5.29. The Balaban J connectivity index is 2.23. The highest BCUT2D eigenvalue weighted by Crippen LogP contribution is 2.30. The summed E-state index contributed by atoms with van der Waals surface area (Å²) in [6.07, 6.45) is 1.10. The number of ether oxygens (including phenoxy) is 2. The normalized spacial score (nSPS) is 23.4. The van der Waals surface area contributed by atoms with Crippen molar-refractivity contribution in [2.24, 2.45) is 0 Å². The maximum Gasteiger partial charge on any atom is 0.124 e. The average molecular weight is 249 g/mol. The number of aryl methyl sites for hydroxylation is 1. The Labute approximate surface area is 109 Å². The largest absolute Gasteiger partial charge is 0.496 e. The summed E-state index contributed by atoms with van der Waals surface area (Å²) in [7, 11) is 1.71. The molecule has 0 spiro atoms. The van der Waals surface area contributed by atoms with Gasteiger partial charge in [-0.15, -0.1) is 0 Å². The highest BCUT2D eigenvalue weighted by Gasteiger charge is 2.26. The lowest BCUT2D eigenvalue weighted by atomic mass is 10.0. The van der Waals surface area contributed by atoms with Crippen LogP contribution in [-0.4, -0.2) is 25.8 Å². The molecule has 0 aromatic heterocycles. The van der Waals surface area contributed by atoms with E-state index in [1.165, 1.54) is 5.56 Å². The number of hydrogen-bond donors (Lipinski definition) is 1. The average Bonchev–Trinajstić information content (AvgIpc) is 2.50. The number of methoxy groups -OCH3 is 1. The quantitative estimate of drug-likeness (QED) is 0.874. The number of benzene rings is 1. The Kier molecular flexibility index (Phi) is 3.93. The van der Waals surface area contributed by atoms with Gasteiger partial charge in [0.25, 0.3) is 0 Å². The van der Waals surface area contributed by atoms with Gasteiger partial charge in [-0.1, -0.05) is 11.6 Å². The Bertz CT molecular complexity index is 415. The molecular weight excluding hydrogens is 226 g/mol. The van der Waals surface area contributed by atoms with Gasteiger partial charge >= 0.3 is 0 Å². The molecule has 1 fully saturated rings. The second-order valence-electron chi connectivity index (χ2n) is 5.62. The molecule has 1 aliphatic heterocycles. The molecule has 1 atom stereocenters. The lowest BCUT2D eigenvalue weighted by Crippen LogP contribution is -2.39. The predicted octanol–water partition coefficient (Wildman–Crippen LogP) is 2.83. The van der Waals surface area contributed by atoms with Gasteiger partial charge in [0.15, 0.2) is 0 Å². The van der Waals surface area contributed by atoms with Gasteiger partial charge in [0.05, 0.1) is 13.2 Å². The molecule has 2 rings (SSSR count). The minimum absolute atomic E-state index is 0.0709. The standard InChI is InChI=1S/C15H23NO2/c1-11-5-6-13(17-4)12(9-11)14-10-16-15(2,3)7-8-18-14/h5-6,9,14,16H,7-8,10H2,1-4H3. The van der Waals surface area contributed by atoms with Crippen molar-refractivity contribution in [3.8, 4) is 5.75 Å². The van der Waals surface area contributed by atoms with E-state index in [9.17, 15) is 0 Å². The maximum atomic E-state index is 5.98. The topological polar surface area (TPSA) is 30.5 Å². The first kappa shape index (κ1) is 13.4. The van der Waals surface area contributed by atoms with Crippen LogP contribution in [0, 0.1) is 6.92 Å². The Morgan fingerprint density at radius 2 is 2.17 bits per heavy atom. The summed E-state index contributed by atoms with van der Waals surface area (Å²) in [6.45, 7) is 8.13. The fourth-order valence-corrected chi connectivity index (χ4v) is 2.28. The van der Waals surface area contributed by atoms with E-state index in [-0.39, 0.29) is 11.6 Å². The van der Waals surface area contributed by atoms with Gasteiger partial charge in [-0.3, -0.25) is 0 Å². The fourth-order valence-electron chi connectivity index (χ4n) is 2.28. The molecule has 1 saturated heterocycles. The molecule has 0 bridgehead atoms. The number of hydrogen-bond acceptors (Lipinski definition) is 3. The Hall–Kier alpha value is -1.06. The van der Waals surface area contributed by atoms with Gasteiger partial charge in [0.1, 0.15) is 5.75 Å². The zero-order chi connectivity index (χ0) is 13.2. The first-order valence-electron chi connectivity index (χ1n) is 6.53. The molecular formula is C15H23NO2. The van der Waals surface area contributed by atoms with E-state index < -0.39 is 0 Å². The van der Waals surface area contributed by atoms with E-state index in [0.717, 1.165) is 30.9 Å². The molecule has 1 aromatic carbocycles. The van der Waals surface area contributed by atoms with Gasteiger partial charge in [-0.05, 0) is 39.3 Å². The summed E-state index contributed by atoms with van der Waals surface area (Å²) < 4.78 is 11.4. The minimum Gasteiger partial charge on any atom is -0.496 e. The molecule has 1 heterocycles. The van der Waals surface area contributed by atoms with Crippen molar-refractivity contribution < 1.29 is 9.47 Å². The molecule has 18 heavy (non-hydrogen) atoms. The van der Waals surface area contributed by atoms with Crippen LogP contribution in [0.4, 0.5) is 0 Å². The van der Waals surface area contributed by atoms with Gasteiger partial charge in [0.2, 0.25) is 0 Å². The third kappa shape index (κ3) is 3.03. The van der Waals surface area contributed by atoms with Crippen molar-refractivity contribution in [1.82, 2.24) is 5.32 Å². The summed E-state index contributed by atoms with van der Waals surface area (Å²) in [4.78, 5) is 0. The summed E-state index contributed by atoms with van der Waals surface area (Å²) >= 11 is 0. The monoisotopic (exact) mass is 249 g/mol. The van der Waals surface area contributed by atoms with E-state index in [2.05, 4.69) is 38.2 Å². The second-order valence-corrected chi connectivity index (χ2v) is 5.62. The van der Waals surface area contributed by atoms with E-state index in [1.807, 2.05) is 6.07 Å². The maximum absolute atomic E-state index is 5.98. The third-order valence-electron chi connectivity index (χ3n) is 3.54. The summed E-state index contributed by atoms with van der Waals surface area (Å²) in [5.41, 5.74) is 2.52. The SMILES string of the molecule is COc1ccc(C)cc1C1CNC(C)(C)CCO1. The van der Waals surface area contributed by atoms with Crippen molar-refractivity contribution in [1.29, 1.82) is 0 Å².